The highest BCUT2D eigenvalue weighted by Gasteiger charge is 2.19. The van der Waals surface area contributed by atoms with Crippen molar-refractivity contribution in [3.05, 3.63) is 60.7 Å². The third-order valence-corrected chi connectivity index (χ3v) is 2.48. The summed E-state index contributed by atoms with van der Waals surface area (Å²) in [6.07, 6.45) is 1.81. The van der Waals surface area contributed by atoms with Crippen LogP contribution in [0.5, 0.6) is 0 Å². The summed E-state index contributed by atoms with van der Waals surface area (Å²) >= 11 is 0. The predicted octanol–water partition coefficient (Wildman–Crippen LogP) is 1.37. The molecule has 0 N–H and O–H groups in total. The van der Waals surface area contributed by atoms with E-state index >= 15 is 0 Å². The number of ether oxygens (including phenoxy) is 4. The highest BCUT2D eigenvalue weighted by molar-refractivity contribution is 6.03. The van der Waals surface area contributed by atoms with E-state index in [1.54, 1.807) is 0 Å². The molecule has 126 valence electrons. The average Bonchev–Trinajstić information content (AvgIpc) is 2.60. The molecular formula is C16H14O8. The van der Waals surface area contributed by atoms with E-state index in [1.807, 2.05) is 0 Å². The van der Waals surface area contributed by atoms with Crippen LogP contribution in [0, 0.1) is 0 Å². The van der Waals surface area contributed by atoms with E-state index < -0.39 is 37.5 Å². The minimum atomic E-state index is -0.900. The molecule has 1 aromatic rings. The molecule has 0 unspecified atom stereocenters. The largest absolute Gasteiger partial charge is 0.425 e. The van der Waals surface area contributed by atoms with Gasteiger partial charge in [0.1, 0.15) is 0 Å². The van der Waals surface area contributed by atoms with Gasteiger partial charge in [0.25, 0.3) is 0 Å². The lowest BCUT2D eigenvalue weighted by molar-refractivity contribution is -0.147. The maximum Gasteiger partial charge on any atom is 0.341 e. The number of hydrogen-bond donors (Lipinski definition) is 0. The molecule has 0 aromatic heterocycles. The minimum Gasteiger partial charge on any atom is -0.425 e. The van der Waals surface area contributed by atoms with E-state index in [4.69, 9.17) is 9.47 Å². The van der Waals surface area contributed by atoms with E-state index in [0.29, 0.717) is 0 Å². The summed E-state index contributed by atoms with van der Waals surface area (Å²) in [5.41, 5.74) is -0.209. The zero-order chi connectivity index (χ0) is 17.9. The van der Waals surface area contributed by atoms with Gasteiger partial charge in [-0.2, -0.15) is 0 Å². The Morgan fingerprint density at radius 2 is 1.12 bits per heavy atom. The Morgan fingerprint density at radius 3 is 1.46 bits per heavy atom. The van der Waals surface area contributed by atoms with Crippen LogP contribution in [-0.2, 0) is 28.5 Å². The number of esters is 4. The van der Waals surface area contributed by atoms with Gasteiger partial charge in [0.05, 0.1) is 11.1 Å². The molecule has 8 nitrogen and oxygen atoms in total. The van der Waals surface area contributed by atoms with E-state index in [1.165, 1.54) is 24.3 Å². The van der Waals surface area contributed by atoms with E-state index in [9.17, 15) is 19.2 Å². The van der Waals surface area contributed by atoms with Gasteiger partial charge >= 0.3 is 23.9 Å². The standard InChI is InChI=1S/C16H14O8/c1-3-13(17)21-9-23-15(19)11-7-5-6-8-12(11)16(20)24-10-22-14(18)4-2/h3-8H,1-2,9-10H2. The van der Waals surface area contributed by atoms with E-state index in [0.717, 1.165) is 12.2 Å². The van der Waals surface area contributed by atoms with Gasteiger partial charge in [0.2, 0.25) is 13.6 Å². The van der Waals surface area contributed by atoms with Crippen LogP contribution in [0.3, 0.4) is 0 Å². The molecule has 0 saturated carbocycles. The van der Waals surface area contributed by atoms with Crippen molar-refractivity contribution >= 4 is 23.9 Å². The summed E-state index contributed by atoms with van der Waals surface area (Å²) in [4.78, 5) is 45.5. The average molecular weight is 334 g/mol. The molecule has 0 aliphatic heterocycles. The molecule has 0 aliphatic rings. The summed E-state index contributed by atoms with van der Waals surface area (Å²) < 4.78 is 18.4. The van der Waals surface area contributed by atoms with Crippen molar-refractivity contribution in [1.29, 1.82) is 0 Å². The first-order valence-corrected chi connectivity index (χ1v) is 6.51. The van der Waals surface area contributed by atoms with Gasteiger partial charge in [0.15, 0.2) is 0 Å². The van der Waals surface area contributed by atoms with Gasteiger partial charge in [-0.1, -0.05) is 25.3 Å². The van der Waals surface area contributed by atoms with Crippen molar-refractivity contribution in [2.45, 2.75) is 0 Å². The number of rotatable bonds is 8. The van der Waals surface area contributed by atoms with Gasteiger partial charge in [-0.25, -0.2) is 19.2 Å². The van der Waals surface area contributed by atoms with Crippen LogP contribution in [0.2, 0.25) is 0 Å². The fourth-order valence-corrected chi connectivity index (χ4v) is 1.39. The molecule has 8 heteroatoms. The molecule has 0 spiro atoms. The van der Waals surface area contributed by atoms with Crippen molar-refractivity contribution in [2.75, 3.05) is 13.6 Å². The first-order chi connectivity index (χ1) is 11.5. The first-order valence-electron chi connectivity index (χ1n) is 6.51. The van der Waals surface area contributed by atoms with Crippen LogP contribution in [0.1, 0.15) is 20.7 Å². The molecule has 0 fully saturated rings. The Bertz CT molecular complexity index is 605. The van der Waals surface area contributed by atoms with Crippen LogP contribution < -0.4 is 0 Å². The number of carbonyl (C=O) groups excluding carboxylic acids is 4. The zero-order valence-electron chi connectivity index (χ0n) is 12.6. The lowest BCUT2D eigenvalue weighted by atomic mass is 10.1. The smallest absolute Gasteiger partial charge is 0.341 e. The molecule has 0 bridgehead atoms. The molecule has 1 rings (SSSR count). The van der Waals surface area contributed by atoms with Crippen molar-refractivity contribution in [3.8, 4) is 0 Å². The molecule has 0 aliphatic carbocycles. The van der Waals surface area contributed by atoms with Gasteiger partial charge in [0, 0.05) is 12.2 Å². The topological polar surface area (TPSA) is 105 Å². The van der Waals surface area contributed by atoms with Crippen LogP contribution in [0.4, 0.5) is 0 Å². The monoisotopic (exact) mass is 334 g/mol. The second-order valence-corrected chi connectivity index (χ2v) is 3.98. The molecule has 0 heterocycles. The van der Waals surface area contributed by atoms with Crippen molar-refractivity contribution in [3.63, 3.8) is 0 Å². The molecule has 1 aromatic carbocycles. The molecular weight excluding hydrogens is 320 g/mol. The quantitative estimate of drug-likeness (QED) is 0.399. The van der Waals surface area contributed by atoms with Crippen molar-refractivity contribution in [2.24, 2.45) is 0 Å². The Morgan fingerprint density at radius 1 is 0.750 bits per heavy atom. The zero-order valence-corrected chi connectivity index (χ0v) is 12.6. The fraction of sp³-hybridized carbons (Fsp3) is 0.125. The van der Waals surface area contributed by atoms with Crippen LogP contribution in [-0.4, -0.2) is 37.5 Å². The number of hydrogen-bond acceptors (Lipinski definition) is 8. The summed E-state index contributed by atoms with van der Waals surface area (Å²) in [6.45, 7) is 5.10. The molecule has 24 heavy (non-hydrogen) atoms. The lowest BCUT2D eigenvalue weighted by Gasteiger charge is -2.09. The Hall–Kier alpha value is -3.42. The third kappa shape index (κ3) is 5.76. The molecule has 0 saturated heterocycles. The van der Waals surface area contributed by atoms with Gasteiger partial charge in [-0.3, -0.25) is 0 Å². The van der Waals surface area contributed by atoms with E-state index in [2.05, 4.69) is 22.6 Å². The Balaban J connectivity index is 2.69. The Kier molecular flexibility index (Phi) is 7.43. The minimum absolute atomic E-state index is 0.104. The molecule has 0 radical (unpaired) electrons. The summed E-state index contributed by atoms with van der Waals surface area (Å²) in [6, 6.07) is 5.65. The predicted molar refractivity (Wildman–Crippen MR) is 79.6 cm³/mol. The summed E-state index contributed by atoms with van der Waals surface area (Å²) in [5, 5.41) is 0. The SMILES string of the molecule is C=CC(=O)OCOC(=O)c1ccccc1C(=O)OCOC(=O)C=C. The highest BCUT2D eigenvalue weighted by atomic mass is 16.7. The summed E-state index contributed by atoms with van der Waals surface area (Å²) in [5.74, 6) is -3.33. The summed E-state index contributed by atoms with van der Waals surface area (Å²) in [7, 11) is 0. The Labute approximate surface area is 137 Å². The first kappa shape index (κ1) is 18.6. The maximum atomic E-state index is 11.9. The highest BCUT2D eigenvalue weighted by Crippen LogP contribution is 2.12. The second-order valence-electron chi connectivity index (χ2n) is 3.98. The van der Waals surface area contributed by atoms with Gasteiger partial charge in [-0.15, -0.1) is 0 Å². The van der Waals surface area contributed by atoms with Crippen LogP contribution in [0.25, 0.3) is 0 Å². The molecule has 0 amide bonds. The fourth-order valence-electron chi connectivity index (χ4n) is 1.39. The number of benzene rings is 1. The van der Waals surface area contributed by atoms with Crippen molar-refractivity contribution < 1.29 is 38.1 Å². The van der Waals surface area contributed by atoms with Crippen LogP contribution in [0.15, 0.2) is 49.6 Å². The maximum absolute atomic E-state index is 11.9. The number of carbonyl (C=O) groups is 4. The van der Waals surface area contributed by atoms with E-state index in [-0.39, 0.29) is 11.1 Å². The van der Waals surface area contributed by atoms with Gasteiger partial charge < -0.3 is 18.9 Å². The van der Waals surface area contributed by atoms with Gasteiger partial charge in [-0.05, 0) is 12.1 Å². The lowest BCUT2D eigenvalue weighted by Crippen LogP contribution is -2.17. The third-order valence-electron chi connectivity index (χ3n) is 2.48. The molecule has 0 atom stereocenters. The normalized spacial score (nSPS) is 9.33. The van der Waals surface area contributed by atoms with Crippen molar-refractivity contribution in [1.82, 2.24) is 0 Å². The van der Waals surface area contributed by atoms with Crippen LogP contribution >= 0.6 is 0 Å². The second kappa shape index (κ2) is 9.57.